The van der Waals surface area contributed by atoms with Crippen molar-refractivity contribution in [2.24, 2.45) is 5.92 Å². The number of carbonyl (C=O) groups excluding carboxylic acids is 2. The van der Waals surface area contributed by atoms with E-state index in [0.29, 0.717) is 32.5 Å². The zero-order valence-corrected chi connectivity index (χ0v) is 18.4. The average molecular weight is 439 g/mol. The number of aliphatic hydroxyl groups is 1. The highest BCUT2D eigenvalue weighted by Gasteiger charge is 2.41. The van der Waals surface area contributed by atoms with E-state index in [4.69, 9.17) is 43.0 Å². The summed E-state index contributed by atoms with van der Waals surface area (Å²) in [4.78, 5) is 26.5. The van der Waals surface area contributed by atoms with E-state index in [9.17, 15) is 19.1 Å². The molecule has 2 amide bonds. The molecule has 0 spiro atoms. The number of benzene rings is 1. The van der Waals surface area contributed by atoms with Crippen molar-refractivity contribution in [3.05, 3.63) is 34.6 Å². The van der Waals surface area contributed by atoms with Gasteiger partial charge in [-0.05, 0) is 63.9 Å². The Morgan fingerprint density at radius 3 is 2.29 bits per heavy atom. The van der Waals surface area contributed by atoms with Crippen molar-refractivity contribution in [1.29, 1.82) is 0 Å². The van der Waals surface area contributed by atoms with Gasteiger partial charge in [0.1, 0.15) is 21.5 Å². The van der Waals surface area contributed by atoms with Gasteiger partial charge in [-0.25, -0.2) is 4.39 Å². The zero-order valence-electron chi connectivity index (χ0n) is 17.6. The molecule has 1 aromatic carbocycles. The first-order chi connectivity index (χ1) is 14.1. The minimum absolute atomic E-state index is 0.123. The van der Waals surface area contributed by atoms with Gasteiger partial charge in [0.15, 0.2) is 0 Å². The number of nitrogens with one attached hydrogen (secondary N) is 2. The fourth-order valence-corrected chi connectivity index (χ4v) is 3.38. The fraction of sp³-hybridized carbons (Fsp3) is 0.579. The molecule has 0 bridgehead atoms. The van der Waals surface area contributed by atoms with Gasteiger partial charge in [-0.1, -0.05) is 11.6 Å². The first-order valence-corrected chi connectivity index (χ1v) is 10.2. The van der Waals surface area contributed by atoms with Crippen LogP contribution in [0.4, 0.5) is 4.39 Å². The van der Waals surface area contributed by atoms with Crippen LogP contribution >= 0.6 is 11.6 Å². The molecule has 1 fully saturated rings. The van der Waals surface area contributed by atoms with E-state index in [1.807, 2.05) is 0 Å². The zero-order chi connectivity index (χ0) is 23.6. The number of halogens is 2. The maximum atomic E-state index is 13.4. The molecular formula is C19H23B4ClFN3O3. The summed E-state index contributed by atoms with van der Waals surface area (Å²) in [6.45, 7) is 4.07. The number of nitrogens with zero attached hydrogens (tertiary/aromatic N) is 1. The molecule has 0 saturated carbocycles. The van der Waals surface area contributed by atoms with Gasteiger partial charge in [-0.3, -0.25) is 9.59 Å². The van der Waals surface area contributed by atoms with Crippen LogP contribution in [0.2, 0.25) is 5.02 Å². The molecule has 0 unspecified atom stereocenters. The molecule has 1 aromatic rings. The minimum Gasteiger partial charge on any atom is -0.407 e. The van der Waals surface area contributed by atoms with Crippen molar-refractivity contribution in [2.45, 2.75) is 43.0 Å². The van der Waals surface area contributed by atoms with Gasteiger partial charge in [0, 0.05) is 33.4 Å². The summed E-state index contributed by atoms with van der Waals surface area (Å²) in [7, 11) is 23.1. The van der Waals surface area contributed by atoms with Gasteiger partial charge in [-0.15, -0.1) is 0 Å². The summed E-state index contributed by atoms with van der Waals surface area (Å²) in [6.07, 6.45) is 1.24. The predicted molar refractivity (Wildman–Crippen MR) is 121 cm³/mol. The first kappa shape index (κ1) is 25.8. The molecule has 1 aliphatic rings. The molecule has 12 heteroatoms. The number of hydrogen-bond donors (Lipinski definition) is 3. The van der Waals surface area contributed by atoms with Crippen molar-refractivity contribution in [1.82, 2.24) is 15.5 Å². The highest BCUT2D eigenvalue weighted by molar-refractivity contribution is 6.51. The molecule has 0 aliphatic carbocycles. The van der Waals surface area contributed by atoms with E-state index in [1.54, 1.807) is 4.90 Å². The third-order valence-corrected chi connectivity index (χ3v) is 5.82. The first-order valence-electron chi connectivity index (χ1n) is 9.83. The fourth-order valence-electron chi connectivity index (χ4n) is 3.16. The summed E-state index contributed by atoms with van der Waals surface area (Å²) in [5.41, 5.74) is -1.24. The van der Waals surface area contributed by atoms with Crippen LogP contribution in [0.25, 0.3) is 0 Å². The number of hydrogen-bond acceptors (Lipinski definition) is 4. The summed E-state index contributed by atoms with van der Waals surface area (Å²) in [5, 5.41) is 11.2. The highest BCUT2D eigenvalue weighted by Crippen LogP contribution is 2.23. The molecule has 158 valence electrons. The molecule has 6 nitrogen and oxygen atoms in total. The number of carbonyl (C=O) groups is 2. The average Bonchev–Trinajstić information content (AvgIpc) is 2.64. The molecule has 31 heavy (non-hydrogen) atoms. The SMILES string of the molecule is [B]C([B])(C(=O)NC(C)(C)C([B])([B])O)N1CCC(CNC(=O)c2cc(F)cc(Cl)c2)CC1. The van der Waals surface area contributed by atoms with E-state index >= 15 is 0 Å². The van der Waals surface area contributed by atoms with E-state index in [-0.39, 0.29) is 16.5 Å². The Balaban J connectivity index is 1.88. The lowest BCUT2D eigenvalue weighted by Crippen LogP contribution is -2.69. The Morgan fingerprint density at radius 1 is 1.19 bits per heavy atom. The van der Waals surface area contributed by atoms with E-state index < -0.39 is 33.9 Å². The lowest BCUT2D eigenvalue weighted by molar-refractivity contribution is -0.128. The number of piperidine rings is 1. The maximum Gasteiger partial charge on any atom is 0.251 e. The van der Waals surface area contributed by atoms with Crippen LogP contribution < -0.4 is 10.6 Å². The van der Waals surface area contributed by atoms with Gasteiger partial charge in [-0.2, -0.15) is 0 Å². The highest BCUT2D eigenvalue weighted by atomic mass is 35.5. The van der Waals surface area contributed by atoms with Crippen molar-refractivity contribution >= 4 is 54.8 Å². The summed E-state index contributed by atoms with van der Waals surface area (Å²) in [6, 6.07) is 3.63. The number of likely N-dealkylation sites (tertiary alicyclic amines) is 1. The van der Waals surface area contributed by atoms with Crippen LogP contribution in [-0.2, 0) is 4.79 Å². The normalized spacial score (nSPS) is 16.7. The van der Waals surface area contributed by atoms with Crippen molar-refractivity contribution < 1.29 is 19.1 Å². The predicted octanol–water partition coefficient (Wildman–Crippen LogP) is -0.210. The monoisotopic (exact) mass is 439 g/mol. The van der Waals surface area contributed by atoms with E-state index in [0.717, 1.165) is 12.1 Å². The van der Waals surface area contributed by atoms with E-state index in [2.05, 4.69) is 10.6 Å². The van der Waals surface area contributed by atoms with Crippen molar-refractivity contribution in [2.75, 3.05) is 19.6 Å². The third kappa shape index (κ3) is 6.53. The van der Waals surface area contributed by atoms with Gasteiger partial charge in [0.25, 0.3) is 5.91 Å². The lowest BCUT2D eigenvalue weighted by Gasteiger charge is -2.46. The number of amides is 2. The molecule has 3 N–H and O–H groups in total. The van der Waals surface area contributed by atoms with Crippen molar-refractivity contribution in [3.63, 3.8) is 0 Å². The summed E-state index contributed by atoms with van der Waals surface area (Å²) in [5.74, 6) is -1.62. The second-order valence-corrected chi connectivity index (χ2v) is 8.96. The Hall–Kier alpha value is -1.44. The van der Waals surface area contributed by atoms with Crippen LogP contribution in [-0.4, -0.2) is 89.1 Å². The second-order valence-electron chi connectivity index (χ2n) is 8.53. The van der Waals surface area contributed by atoms with Gasteiger partial charge in [0.05, 0.1) is 15.7 Å². The largest absolute Gasteiger partial charge is 0.407 e. The van der Waals surface area contributed by atoms with Crippen LogP contribution in [0, 0.1) is 11.7 Å². The lowest BCUT2D eigenvalue weighted by atomic mass is 9.54. The maximum absolute atomic E-state index is 13.4. The molecule has 0 aromatic heterocycles. The smallest absolute Gasteiger partial charge is 0.251 e. The van der Waals surface area contributed by atoms with Crippen LogP contribution in [0.3, 0.4) is 0 Å². The summed E-state index contributed by atoms with van der Waals surface area (Å²) >= 11 is 5.78. The second kappa shape index (κ2) is 9.59. The number of rotatable bonds is 7. The molecule has 8 radical (unpaired) electrons. The Morgan fingerprint density at radius 2 is 1.77 bits per heavy atom. The molecule has 1 heterocycles. The van der Waals surface area contributed by atoms with E-state index in [1.165, 1.54) is 19.9 Å². The van der Waals surface area contributed by atoms with Crippen molar-refractivity contribution in [3.8, 4) is 0 Å². The van der Waals surface area contributed by atoms with Crippen LogP contribution in [0.1, 0.15) is 37.0 Å². The molecule has 1 saturated heterocycles. The van der Waals surface area contributed by atoms with Gasteiger partial charge in [0.2, 0.25) is 5.91 Å². The molecule has 1 aliphatic heterocycles. The van der Waals surface area contributed by atoms with Crippen LogP contribution in [0.15, 0.2) is 18.2 Å². The Labute approximate surface area is 192 Å². The van der Waals surface area contributed by atoms with Gasteiger partial charge >= 0.3 is 0 Å². The standard InChI is InChI=1S/C19H23B4ClFN3O3/c1-17(2,19(22,23)31)27-16(30)18(20,21)28-5-3-11(4-6-28)10-26-15(29)12-7-13(24)9-14(25)8-12/h7-9,11,31H,3-6,10H2,1-2H3,(H,26,29)(H,27,30). The molecule has 0 atom stereocenters. The quantitative estimate of drug-likeness (QED) is 0.514. The summed E-state index contributed by atoms with van der Waals surface area (Å²) < 4.78 is 13.4. The molecule has 2 rings (SSSR count). The minimum atomic E-state index is -2.17. The third-order valence-electron chi connectivity index (χ3n) is 5.60. The topological polar surface area (TPSA) is 81.7 Å². The Bertz CT molecular complexity index is 808. The molecular weight excluding hydrogens is 416 g/mol. The Kier molecular flexibility index (Phi) is 7.99. The van der Waals surface area contributed by atoms with Gasteiger partial charge < -0.3 is 20.6 Å². The van der Waals surface area contributed by atoms with Crippen LogP contribution in [0.5, 0.6) is 0 Å².